The standard InChI is InChI=1S/C26H45N5O/c1-6-27-25(29-19-23-8-7-17-32-24(23)26(2,3)4)28-18-21-9-11-22(12-10-21)20-31-15-13-30(5)14-16-31/h9-12,23-24H,6-8,13-20H2,1-5H3,(H2,27,28,29). The molecular weight excluding hydrogens is 398 g/mol. The van der Waals surface area contributed by atoms with Crippen molar-refractivity contribution < 1.29 is 4.74 Å². The molecule has 0 saturated carbocycles. The Bertz CT molecular complexity index is 704. The summed E-state index contributed by atoms with van der Waals surface area (Å²) in [6, 6.07) is 8.97. The Balaban J connectivity index is 1.51. The topological polar surface area (TPSA) is 52.1 Å². The van der Waals surface area contributed by atoms with Crippen molar-refractivity contribution in [1.29, 1.82) is 0 Å². The molecule has 2 heterocycles. The molecule has 2 aliphatic heterocycles. The van der Waals surface area contributed by atoms with Gasteiger partial charge in [0.2, 0.25) is 0 Å². The first-order valence-corrected chi connectivity index (χ1v) is 12.5. The van der Waals surface area contributed by atoms with Crippen molar-refractivity contribution in [3.05, 3.63) is 35.4 Å². The van der Waals surface area contributed by atoms with Gasteiger partial charge >= 0.3 is 0 Å². The second-order valence-corrected chi connectivity index (χ2v) is 10.5. The van der Waals surface area contributed by atoms with Crippen LogP contribution in [0.15, 0.2) is 29.3 Å². The maximum atomic E-state index is 6.14. The average molecular weight is 444 g/mol. The summed E-state index contributed by atoms with van der Waals surface area (Å²) in [4.78, 5) is 9.79. The summed E-state index contributed by atoms with van der Waals surface area (Å²) >= 11 is 0. The van der Waals surface area contributed by atoms with Gasteiger partial charge in [-0.1, -0.05) is 45.0 Å². The monoisotopic (exact) mass is 443 g/mol. The maximum Gasteiger partial charge on any atom is 0.191 e. The van der Waals surface area contributed by atoms with Gasteiger partial charge in [-0.15, -0.1) is 0 Å². The SMILES string of the molecule is CCNC(=NCc1ccc(CN2CCN(C)CC2)cc1)NCC1CCCOC1C(C)(C)C. The van der Waals surface area contributed by atoms with E-state index in [0.717, 1.165) is 64.8 Å². The lowest BCUT2D eigenvalue weighted by Crippen LogP contribution is -2.47. The number of rotatable bonds is 7. The first-order chi connectivity index (χ1) is 15.3. The van der Waals surface area contributed by atoms with Crippen LogP contribution in [0.5, 0.6) is 0 Å². The van der Waals surface area contributed by atoms with Gasteiger partial charge in [0.05, 0.1) is 12.6 Å². The van der Waals surface area contributed by atoms with Gasteiger partial charge in [0, 0.05) is 58.3 Å². The first kappa shape index (κ1) is 25.0. The van der Waals surface area contributed by atoms with Crippen LogP contribution >= 0.6 is 0 Å². The molecule has 0 radical (unpaired) electrons. The third-order valence-corrected chi connectivity index (χ3v) is 6.62. The van der Waals surface area contributed by atoms with Gasteiger partial charge in [-0.3, -0.25) is 4.90 Å². The number of ether oxygens (including phenoxy) is 1. The number of benzene rings is 1. The third-order valence-electron chi connectivity index (χ3n) is 6.62. The lowest BCUT2D eigenvalue weighted by atomic mass is 9.78. The van der Waals surface area contributed by atoms with E-state index in [1.54, 1.807) is 0 Å². The van der Waals surface area contributed by atoms with Crippen LogP contribution in [0, 0.1) is 11.3 Å². The number of hydrogen-bond acceptors (Lipinski definition) is 4. The molecule has 0 bridgehead atoms. The molecule has 6 nitrogen and oxygen atoms in total. The molecule has 3 rings (SSSR count). The second kappa shape index (κ2) is 12.0. The first-order valence-electron chi connectivity index (χ1n) is 12.5. The molecule has 0 aromatic heterocycles. The summed E-state index contributed by atoms with van der Waals surface area (Å²) in [5, 5.41) is 6.98. The lowest BCUT2D eigenvalue weighted by molar-refractivity contribution is -0.0835. The zero-order valence-corrected chi connectivity index (χ0v) is 21.0. The molecule has 2 atom stereocenters. The van der Waals surface area contributed by atoms with Gasteiger partial charge < -0.3 is 20.3 Å². The number of guanidine groups is 1. The summed E-state index contributed by atoms with van der Waals surface area (Å²) in [6.45, 7) is 18.0. The molecule has 1 aromatic carbocycles. The molecule has 0 aliphatic carbocycles. The van der Waals surface area contributed by atoms with E-state index in [9.17, 15) is 0 Å². The number of hydrogen-bond donors (Lipinski definition) is 2. The van der Waals surface area contributed by atoms with Crippen LogP contribution < -0.4 is 10.6 Å². The summed E-state index contributed by atoms with van der Waals surface area (Å²) < 4.78 is 6.14. The van der Waals surface area contributed by atoms with Crippen LogP contribution in [0.3, 0.4) is 0 Å². The van der Waals surface area contributed by atoms with Gasteiger partial charge in [0.1, 0.15) is 0 Å². The molecule has 0 amide bonds. The zero-order chi connectivity index (χ0) is 23.0. The number of nitrogens with one attached hydrogen (secondary N) is 2. The van der Waals surface area contributed by atoms with Crippen molar-refractivity contribution in [3.63, 3.8) is 0 Å². The molecule has 2 saturated heterocycles. The smallest absolute Gasteiger partial charge is 0.191 e. The van der Waals surface area contributed by atoms with Crippen LogP contribution in [0.1, 0.15) is 51.7 Å². The predicted octanol–water partition coefficient (Wildman–Crippen LogP) is 3.33. The number of aliphatic imine (C=N–C) groups is 1. The Morgan fingerprint density at radius 3 is 2.41 bits per heavy atom. The quantitative estimate of drug-likeness (QED) is 0.500. The van der Waals surface area contributed by atoms with Gasteiger partial charge in [-0.2, -0.15) is 0 Å². The molecular formula is C26H45N5O. The molecule has 0 spiro atoms. The Morgan fingerprint density at radius 1 is 1.06 bits per heavy atom. The second-order valence-electron chi connectivity index (χ2n) is 10.5. The minimum Gasteiger partial charge on any atom is -0.377 e. The van der Waals surface area contributed by atoms with Gasteiger partial charge in [-0.05, 0) is 43.4 Å². The molecule has 2 N–H and O–H groups in total. The summed E-state index contributed by atoms with van der Waals surface area (Å²) in [5.41, 5.74) is 2.80. The maximum absolute atomic E-state index is 6.14. The van der Waals surface area contributed by atoms with E-state index in [0.29, 0.717) is 18.6 Å². The van der Waals surface area contributed by atoms with Crippen LogP contribution in [0.25, 0.3) is 0 Å². The highest BCUT2D eigenvalue weighted by Gasteiger charge is 2.35. The number of likely N-dealkylation sites (N-methyl/N-ethyl adjacent to an activating group) is 1. The Labute approximate surface area is 195 Å². The normalized spacial score (nSPS) is 23.8. The largest absolute Gasteiger partial charge is 0.377 e. The molecule has 1 aromatic rings. The summed E-state index contributed by atoms with van der Waals surface area (Å²) in [6.07, 6.45) is 2.65. The molecule has 2 unspecified atom stereocenters. The van der Waals surface area contributed by atoms with Gasteiger partial charge in [-0.25, -0.2) is 4.99 Å². The van der Waals surface area contributed by atoms with E-state index in [4.69, 9.17) is 9.73 Å². The van der Waals surface area contributed by atoms with E-state index in [-0.39, 0.29) is 5.41 Å². The molecule has 2 fully saturated rings. The van der Waals surface area contributed by atoms with Gasteiger partial charge in [0.15, 0.2) is 5.96 Å². The van der Waals surface area contributed by atoms with Crippen molar-refractivity contribution in [2.45, 2.75) is 59.7 Å². The number of piperazine rings is 1. The Kier molecular flexibility index (Phi) is 9.38. The van der Waals surface area contributed by atoms with E-state index in [1.807, 2.05) is 0 Å². The Morgan fingerprint density at radius 2 is 1.75 bits per heavy atom. The average Bonchev–Trinajstić information content (AvgIpc) is 2.78. The highest BCUT2D eigenvalue weighted by molar-refractivity contribution is 5.79. The molecule has 6 heteroatoms. The van der Waals surface area contributed by atoms with E-state index in [1.165, 1.54) is 17.5 Å². The van der Waals surface area contributed by atoms with Crippen LogP contribution in [-0.2, 0) is 17.8 Å². The number of nitrogens with zero attached hydrogens (tertiary/aromatic N) is 3. The fourth-order valence-electron chi connectivity index (χ4n) is 4.76. The van der Waals surface area contributed by atoms with E-state index >= 15 is 0 Å². The molecule has 180 valence electrons. The van der Waals surface area contributed by atoms with Crippen molar-refractivity contribution >= 4 is 5.96 Å². The third kappa shape index (κ3) is 7.75. The van der Waals surface area contributed by atoms with Crippen molar-refractivity contribution in [3.8, 4) is 0 Å². The van der Waals surface area contributed by atoms with Crippen molar-refractivity contribution in [2.75, 3.05) is 52.9 Å². The Hall–Kier alpha value is -1.63. The molecule has 2 aliphatic rings. The highest BCUT2D eigenvalue weighted by atomic mass is 16.5. The predicted molar refractivity (Wildman–Crippen MR) is 134 cm³/mol. The van der Waals surface area contributed by atoms with Crippen molar-refractivity contribution in [2.24, 2.45) is 16.3 Å². The minimum atomic E-state index is 0.161. The van der Waals surface area contributed by atoms with Crippen LogP contribution in [-0.4, -0.2) is 74.8 Å². The van der Waals surface area contributed by atoms with E-state index < -0.39 is 0 Å². The summed E-state index contributed by atoms with van der Waals surface area (Å²) in [7, 11) is 2.20. The molecule has 32 heavy (non-hydrogen) atoms. The highest BCUT2D eigenvalue weighted by Crippen LogP contribution is 2.33. The fraction of sp³-hybridized carbons (Fsp3) is 0.731. The van der Waals surface area contributed by atoms with Crippen LogP contribution in [0.2, 0.25) is 0 Å². The van der Waals surface area contributed by atoms with Crippen LogP contribution in [0.4, 0.5) is 0 Å². The zero-order valence-electron chi connectivity index (χ0n) is 21.0. The lowest BCUT2D eigenvalue weighted by Gasteiger charge is -2.40. The van der Waals surface area contributed by atoms with Crippen molar-refractivity contribution in [1.82, 2.24) is 20.4 Å². The fourth-order valence-corrected chi connectivity index (χ4v) is 4.76. The summed E-state index contributed by atoms with van der Waals surface area (Å²) in [5.74, 6) is 1.41. The minimum absolute atomic E-state index is 0.161. The van der Waals surface area contributed by atoms with E-state index in [2.05, 4.69) is 79.4 Å². The van der Waals surface area contributed by atoms with Gasteiger partial charge in [0.25, 0.3) is 0 Å².